The molecule has 0 amide bonds. The molecule has 0 heterocycles. The summed E-state index contributed by atoms with van der Waals surface area (Å²) >= 11 is 0. The molecule has 0 aliphatic heterocycles. The zero-order valence-electron chi connectivity index (χ0n) is 12.9. The fourth-order valence-corrected chi connectivity index (χ4v) is 2.32. The van der Waals surface area contributed by atoms with E-state index in [-0.39, 0.29) is 6.04 Å². The van der Waals surface area contributed by atoms with E-state index in [1.807, 2.05) is 30.3 Å². The molecule has 2 aromatic rings. The number of nitrogens with two attached hydrogens (primary N) is 1. The molecule has 0 bridgehead atoms. The van der Waals surface area contributed by atoms with E-state index in [1.165, 1.54) is 11.1 Å². The van der Waals surface area contributed by atoms with Crippen molar-refractivity contribution in [1.82, 2.24) is 0 Å². The van der Waals surface area contributed by atoms with Crippen molar-refractivity contribution < 1.29 is 9.47 Å². The van der Waals surface area contributed by atoms with Crippen LogP contribution in [0, 0.1) is 6.92 Å². The molecule has 0 aromatic heterocycles. The lowest BCUT2D eigenvalue weighted by atomic mass is 10.0. The third-order valence-electron chi connectivity index (χ3n) is 3.64. The largest absolute Gasteiger partial charge is 0.493 e. The van der Waals surface area contributed by atoms with Crippen molar-refractivity contribution in [1.29, 1.82) is 0 Å². The first-order chi connectivity index (χ1) is 10.2. The Morgan fingerprint density at radius 3 is 2.52 bits per heavy atom. The van der Waals surface area contributed by atoms with Gasteiger partial charge in [0.1, 0.15) is 6.61 Å². The number of hydrogen-bond acceptors (Lipinski definition) is 3. The predicted molar refractivity (Wildman–Crippen MR) is 86.0 cm³/mol. The molecule has 0 spiro atoms. The van der Waals surface area contributed by atoms with Gasteiger partial charge in [-0.25, -0.2) is 0 Å². The second-order valence-corrected chi connectivity index (χ2v) is 5.11. The Kier molecular flexibility index (Phi) is 5.23. The molecule has 2 N–H and O–H groups in total. The summed E-state index contributed by atoms with van der Waals surface area (Å²) in [5, 5.41) is 0. The van der Waals surface area contributed by atoms with Gasteiger partial charge in [-0.15, -0.1) is 0 Å². The maximum atomic E-state index is 6.23. The molecule has 0 radical (unpaired) electrons. The van der Waals surface area contributed by atoms with Gasteiger partial charge >= 0.3 is 0 Å². The smallest absolute Gasteiger partial charge is 0.161 e. The van der Waals surface area contributed by atoms with E-state index in [0.29, 0.717) is 6.61 Å². The summed E-state index contributed by atoms with van der Waals surface area (Å²) in [7, 11) is 1.66. The third-order valence-corrected chi connectivity index (χ3v) is 3.64. The SMILES string of the molecule is CCc1ccc(OCC(N)c2ccccc2C)c(OC)c1. The molecule has 0 saturated heterocycles. The molecule has 1 atom stereocenters. The Morgan fingerprint density at radius 1 is 1.10 bits per heavy atom. The molecule has 0 aliphatic rings. The van der Waals surface area contributed by atoms with Crippen LogP contribution >= 0.6 is 0 Å². The van der Waals surface area contributed by atoms with Crippen LogP contribution in [0.25, 0.3) is 0 Å². The average molecular weight is 285 g/mol. The number of rotatable bonds is 6. The molecule has 0 aliphatic carbocycles. The van der Waals surface area contributed by atoms with Crippen LogP contribution in [0.1, 0.15) is 29.7 Å². The summed E-state index contributed by atoms with van der Waals surface area (Å²) in [6.07, 6.45) is 0.972. The van der Waals surface area contributed by atoms with Crippen molar-refractivity contribution in [2.45, 2.75) is 26.3 Å². The zero-order valence-corrected chi connectivity index (χ0v) is 12.9. The third kappa shape index (κ3) is 3.76. The highest BCUT2D eigenvalue weighted by Gasteiger charge is 2.11. The first-order valence-electron chi connectivity index (χ1n) is 7.26. The van der Waals surface area contributed by atoms with Gasteiger partial charge in [0.05, 0.1) is 13.2 Å². The van der Waals surface area contributed by atoms with E-state index in [2.05, 4.69) is 26.0 Å². The Balaban J connectivity index is 2.08. The molecule has 3 heteroatoms. The molecule has 0 fully saturated rings. The Labute approximate surface area is 126 Å². The molecule has 21 heavy (non-hydrogen) atoms. The van der Waals surface area contributed by atoms with Crippen molar-refractivity contribution in [3.8, 4) is 11.5 Å². The lowest BCUT2D eigenvalue weighted by Gasteiger charge is -2.17. The minimum absolute atomic E-state index is 0.151. The van der Waals surface area contributed by atoms with Crippen LogP contribution in [-0.2, 0) is 6.42 Å². The van der Waals surface area contributed by atoms with E-state index in [9.17, 15) is 0 Å². The standard InChI is InChI=1S/C18H23NO2/c1-4-14-9-10-17(18(11-14)20-3)21-12-16(19)15-8-6-5-7-13(15)2/h5-11,16H,4,12,19H2,1-3H3. The zero-order chi connectivity index (χ0) is 15.2. The van der Waals surface area contributed by atoms with Gasteiger partial charge in [0.2, 0.25) is 0 Å². The number of ether oxygens (including phenoxy) is 2. The molecule has 3 nitrogen and oxygen atoms in total. The lowest BCUT2D eigenvalue weighted by Crippen LogP contribution is -2.20. The average Bonchev–Trinajstić information content (AvgIpc) is 2.52. The topological polar surface area (TPSA) is 44.5 Å². The second-order valence-electron chi connectivity index (χ2n) is 5.11. The molecule has 0 saturated carbocycles. The highest BCUT2D eigenvalue weighted by Crippen LogP contribution is 2.29. The molecule has 2 aromatic carbocycles. The molecule has 112 valence electrons. The van der Waals surface area contributed by atoms with E-state index >= 15 is 0 Å². The molecule has 1 unspecified atom stereocenters. The number of benzene rings is 2. The van der Waals surface area contributed by atoms with E-state index < -0.39 is 0 Å². The van der Waals surface area contributed by atoms with Crippen molar-refractivity contribution >= 4 is 0 Å². The minimum Gasteiger partial charge on any atom is -0.493 e. The van der Waals surface area contributed by atoms with Crippen LogP contribution < -0.4 is 15.2 Å². The van der Waals surface area contributed by atoms with Gasteiger partial charge < -0.3 is 15.2 Å². The second kappa shape index (κ2) is 7.14. The first kappa shape index (κ1) is 15.4. The number of methoxy groups -OCH3 is 1. The molecular weight excluding hydrogens is 262 g/mol. The normalized spacial score (nSPS) is 12.0. The van der Waals surface area contributed by atoms with Crippen molar-refractivity contribution in [3.05, 3.63) is 59.2 Å². The Bertz CT molecular complexity index is 596. The summed E-state index contributed by atoms with van der Waals surface area (Å²) in [6, 6.07) is 14.0. The van der Waals surface area contributed by atoms with Gasteiger partial charge in [-0.1, -0.05) is 37.3 Å². The van der Waals surface area contributed by atoms with Crippen LogP contribution in [0.15, 0.2) is 42.5 Å². The summed E-state index contributed by atoms with van der Waals surface area (Å²) in [5.41, 5.74) is 9.74. The van der Waals surface area contributed by atoms with Gasteiger partial charge in [-0.2, -0.15) is 0 Å². The van der Waals surface area contributed by atoms with Crippen LogP contribution in [0.4, 0.5) is 0 Å². The van der Waals surface area contributed by atoms with E-state index in [1.54, 1.807) is 7.11 Å². The van der Waals surface area contributed by atoms with Crippen LogP contribution in [0.2, 0.25) is 0 Å². The van der Waals surface area contributed by atoms with Crippen molar-refractivity contribution in [3.63, 3.8) is 0 Å². The Hall–Kier alpha value is -2.00. The van der Waals surface area contributed by atoms with Gasteiger partial charge in [-0.3, -0.25) is 0 Å². The predicted octanol–water partition coefficient (Wildman–Crippen LogP) is 3.64. The lowest BCUT2D eigenvalue weighted by molar-refractivity contribution is 0.273. The van der Waals surface area contributed by atoms with Gasteiger partial charge in [0, 0.05) is 0 Å². The van der Waals surface area contributed by atoms with Crippen LogP contribution in [-0.4, -0.2) is 13.7 Å². The van der Waals surface area contributed by atoms with E-state index in [0.717, 1.165) is 23.5 Å². The number of hydrogen-bond donors (Lipinski definition) is 1. The van der Waals surface area contributed by atoms with Crippen LogP contribution in [0.5, 0.6) is 11.5 Å². The fraction of sp³-hybridized carbons (Fsp3) is 0.333. The highest BCUT2D eigenvalue weighted by atomic mass is 16.5. The maximum Gasteiger partial charge on any atom is 0.161 e. The summed E-state index contributed by atoms with van der Waals surface area (Å²) in [5.74, 6) is 1.49. The first-order valence-corrected chi connectivity index (χ1v) is 7.26. The maximum absolute atomic E-state index is 6.23. The van der Waals surface area contributed by atoms with Gasteiger partial charge in [0.15, 0.2) is 11.5 Å². The monoisotopic (exact) mass is 285 g/mol. The van der Waals surface area contributed by atoms with Crippen molar-refractivity contribution in [2.24, 2.45) is 5.73 Å². The fourth-order valence-electron chi connectivity index (χ4n) is 2.32. The molecular formula is C18H23NO2. The highest BCUT2D eigenvalue weighted by molar-refractivity contribution is 5.43. The van der Waals surface area contributed by atoms with Gasteiger partial charge in [0.25, 0.3) is 0 Å². The number of aryl methyl sites for hydroxylation is 2. The minimum atomic E-state index is -0.151. The summed E-state index contributed by atoms with van der Waals surface area (Å²) in [6.45, 7) is 4.60. The summed E-state index contributed by atoms with van der Waals surface area (Å²) < 4.78 is 11.2. The summed E-state index contributed by atoms with van der Waals surface area (Å²) in [4.78, 5) is 0. The van der Waals surface area contributed by atoms with E-state index in [4.69, 9.17) is 15.2 Å². The van der Waals surface area contributed by atoms with Crippen LogP contribution in [0.3, 0.4) is 0 Å². The quantitative estimate of drug-likeness (QED) is 0.881. The van der Waals surface area contributed by atoms with Crippen molar-refractivity contribution in [2.75, 3.05) is 13.7 Å². The Morgan fingerprint density at radius 2 is 1.86 bits per heavy atom. The molecule has 2 rings (SSSR count). The van der Waals surface area contributed by atoms with Gasteiger partial charge in [-0.05, 0) is 42.2 Å².